The summed E-state index contributed by atoms with van der Waals surface area (Å²) in [5.41, 5.74) is 4.61. The molecule has 3 heterocycles. The van der Waals surface area contributed by atoms with E-state index < -0.39 is 18.1 Å². The van der Waals surface area contributed by atoms with Gasteiger partial charge in [0.2, 0.25) is 17.7 Å². The van der Waals surface area contributed by atoms with E-state index in [4.69, 9.17) is 49.0 Å². The van der Waals surface area contributed by atoms with Gasteiger partial charge in [-0.25, -0.2) is 0 Å². The molecule has 2 fully saturated rings. The zero-order valence-electron chi connectivity index (χ0n) is 33.6. The Kier molecular flexibility index (Phi) is 13.4. The molecule has 1 spiro atoms. The number of carboxylic acids is 1. The molecule has 4 aromatic carbocycles. The van der Waals surface area contributed by atoms with Crippen LogP contribution in [-0.2, 0) is 29.3 Å². The number of aliphatic hydroxyl groups is 1. The summed E-state index contributed by atoms with van der Waals surface area (Å²) in [6.45, 7) is 5.58. The molecule has 2 aliphatic rings. The van der Waals surface area contributed by atoms with Gasteiger partial charge in [-0.2, -0.15) is 10.2 Å². The molecule has 61 heavy (non-hydrogen) atoms. The van der Waals surface area contributed by atoms with Crippen molar-refractivity contribution in [3.8, 4) is 45.8 Å². The van der Waals surface area contributed by atoms with Gasteiger partial charge in [0.05, 0.1) is 33.8 Å². The van der Waals surface area contributed by atoms with E-state index in [9.17, 15) is 25.1 Å². The maximum Gasteiger partial charge on any atom is 0.326 e. The van der Waals surface area contributed by atoms with Crippen LogP contribution in [0.4, 0.5) is 0 Å². The van der Waals surface area contributed by atoms with E-state index in [0.717, 1.165) is 59.6 Å². The predicted octanol–water partition coefficient (Wildman–Crippen LogP) is 7.98. The average molecular weight is 885 g/mol. The lowest BCUT2D eigenvalue weighted by Gasteiger charge is -2.47. The van der Waals surface area contributed by atoms with Crippen LogP contribution in [0.1, 0.15) is 47.6 Å². The highest BCUT2D eigenvalue weighted by Crippen LogP contribution is 2.41. The summed E-state index contributed by atoms with van der Waals surface area (Å²) in [4.78, 5) is 30.4. The zero-order valence-corrected chi connectivity index (χ0v) is 35.8. The van der Waals surface area contributed by atoms with Crippen molar-refractivity contribution in [3.05, 3.63) is 128 Å². The fourth-order valence-corrected chi connectivity index (χ4v) is 8.36. The Bertz CT molecular complexity index is 2490. The summed E-state index contributed by atoms with van der Waals surface area (Å²) in [6, 6.07) is 28.2. The lowest BCUT2D eigenvalue weighted by molar-refractivity contribution is -0.146. The molecule has 0 radical (unpaired) electrons. The minimum atomic E-state index is -1.64. The lowest BCUT2D eigenvalue weighted by Crippen LogP contribution is -2.67. The molecule has 0 unspecified atom stereocenters. The topological polar surface area (TPSA) is 166 Å². The second-order valence-corrected chi connectivity index (χ2v) is 16.8. The van der Waals surface area contributed by atoms with Crippen LogP contribution in [0.3, 0.4) is 0 Å². The van der Waals surface area contributed by atoms with E-state index in [2.05, 4.69) is 26.6 Å². The van der Waals surface area contributed by atoms with E-state index in [1.54, 1.807) is 18.2 Å². The van der Waals surface area contributed by atoms with Crippen LogP contribution in [0.15, 0.2) is 84.9 Å². The number of ether oxygens (including phenoxy) is 3. The third-order valence-electron chi connectivity index (χ3n) is 10.9. The number of halogens is 3. The van der Waals surface area contributed by atoms with Crippen LogP contribution in [0.25, 0.3) is 22.3 Å². The van der Waals surface area contributed by atoms with E-state index in [1.165, 1.54) is 6.92 Å². The molecule has 15 heteroatoms. The van der Waals surface area contributed by atoms with Crippen molar-refractivity contribution in [2.45, 2.75) is 57.5 Å². The number of nitriles is 1. The highest BCUT2D eigenvalue weighted by Gasteiger charge is 2.47. The number of carboxylic acid groups (broad SMARTS) is 1. The Morgan fingerprint density at radius 3 is 2.33 bits per heavy atom. The van der Waals surface area contributed by atoms with Crippen molar-refractivity contribution >= 4 is 46.7 Å². The molecule has 2 saturated heterocycles. The number of hydrogen-bond donors (Lipinski definition) is 4. The van der Waals surface area contributed by atoms with Crippen LogP contribution >= 0.6 is 34.8 Å². The van der Waals surface area contributed by atoms with Crippen molar-refractivity contribution in [2.75, 3.05) is 32.8 Å². The maximum atomic E-state index is 11.9. The van der Waals surface area contributed by atoms with Crippen molar-refractivity contribution in [3.63, 3.8) is 0 Å². The number of carbonyl (C=O) groups is 2. The van der Waals surface area contributed by atoms with Gasteiger partial charge in [0.25, 0.3) is 0 Å². The van der Waals surface area contributed by atoms with E-state index in [0.29, 0.717) is 45.3 Å². The largest absolute Gasteiger partial charge is 0.492 e. The van der Waals surface area contributed by atoms with Gasteiger partial charge < -0.3 is 29.7 Å². The van der Waals surface area contributed by atoms with Gasteiger partial charge in [-0.3, -0.25) is 19.8 Å². The van der Waals surface area contributed by atoms with Crippen molar-refractivity contribution < 1.29 is 34.0 Å². The number of hydrogen-bond acceptors (Lipinski definition) is 10. The molecule has 1 aromatic heterocycles. The van der Waals surface area contributed by atoms with Crippen LogP contribution in [-0.4, -0.2) is 75.9 Å². The average Bonchev–Trinajstić information content (AvgIpc) is 3.64. The molecular weight excluding hydrogens is 841 g/mol. The number of likely N-dealkylation sites (tertiary alicyclic amines) is 1. The minimum absolute atomic E-state index is 0.0184. The van der Waals surface area contributed by atoms with Gasteiger partial charge in [-0.1, -0.05) is 89.4 Å². The zero-order chi connectivity index (χ0) is 43.3. The quantitative estimate of drug-likeness (QED) is 0.0716. The Balaban J connectivity index is 1.04. The highest BCUT2D eigenvalue weighted by atomic mass is 35.5. The second-order valence-electron chi connectivity index (χ2n) is 15.6. The first kappa shape index (κ1) is 43.7. The summed E-state index contributed by atoms with van der Waals surface area (Å²) in [5.74, 6) is -0.187. The first-order valence-electron chi connectivity index (χ1n) is 19.7. The second kappa shape index (κ2) is 18.7. The number of amides is 1. The number of nitrogens with zero attached hydrogens (tertiary/aromatic N) is 3. The summed E-state index contributed by atoms with van der Waals surface area (Å²) in [7, 11) is 0. The highest BCUT2D eigenvalue weighted by molar-refractivity contribution is 6.38. The monoisotopic (exact) mass is 883 g/mol. The van der Waals surface area contributed by atoms with Gasteiger partial charge in [0.15, 0.2) is 0 Å². The first-order valence-corrected chi connectivity index (χ1v) is 20.8. The number of aryl methyl sites for hydroxylation is 1. The van der Waals surface area contributed by atoms with Crippen LogP contribution in [0.5, 0.6) is 17.5 Å². The number of carbonyl (C=O) groups excluding carboxylic acids is 1. The number of aliphatic carboxylic acids is 1. The summed E-state index contributed by atoms with van der Waals surface area (Å²) < 4.78 is 18.3. The molecule has 316 valence electrons. The van der Waals surface area contributed by atoms with E-state index in [1.807, 2.05) is 73.7 Å². The van der Waals surface area contributed by atoms with Gasteiger partial charge in [-0.15, -0.1) is 0 Å². The molecule has 0 saturated carbocycles. The van der Waals surface area contributed by atoms with Gasteiger partial charge >= 0.3 is 5.97 Å². The minimum Gasteiger partial charge on any atom is -0.492 e. The molecule has 2 aliphatic heterocycles. The Labute approximate surface area is 368 Å². The number of nitrogens with one attached hydrogen (secondary N) is 2. The fourth-order valence-electron chi connectivity index (χ4n) is 7.51. The SMILES string of the molecule is Cc1cc(C#N)cc(COc2nc(OCc3cccc(-c4cccc(-c5ccc(OCCN6CC7(CCC(=O)N7)C6)cc5)c4Cl)c3Cl)c(Cl)cc2CN[C@@](C)(CO)C(=O)O)c1. The normalized spacial score (nSPS) is 15.4. The standard InChI is InChI=1S/C46H44Cl3N5O7/c1-28-17-29(21-50)19-30(18-28)23-60-42-33(22-51-45(2,27-55)44(57)58)20-38(47)43(52-42)61-24-32-5-3-7-36(40(32)48)37-8-4-6-35(41(37)49)31-9-11-34(12-10-31)59-16-15-54-25-46(26-54)14-13-39(56)53-46/h3-12,17-20,51,55H,13-16,22-27H2,1-2H3,(H,53,56)(H,57,58)/t45-/m0/s1. The van der Waals surface area contributed by atoms with Gasteiger partial charge in [0, 0.05) is 60.4 Å². The van der Waals surface area contributed by atoms with Crippen molar-refractivity contribution in [1.29, 1.82) is 5.26 Å². The molecule has 12 nitrogen and oxygen atoms in total. The molecule has 4 N–H and O–H groups in total. The third kappa shape index (κ3) is 10.1. The molecule has 0 bridgehead atoms. The van der Waals surface area contributed by atoms with Crippen molar-refractivity contribution in [2.24, 2.45) is 0 Å². The van der Waals surface area contributed by atoms with Gasteiger partial charge in [-0.05, 0) is 67.3 Å². The predicted molar refractivity (Wildman–Crippen MR) is 233 cm³/mol. The summed E-state index contributed by atoms with van der Waals surface area (Å²) in [5, 5.41) is 36.0. The number of benzene rings is 4. The van der Waals surface area contributed by atoms with Gasteiger partial charge in [0.1, 0.15) is 36.1 Å². The summed E-state index contributed by atoms with van der Waals surface area (Å²) in [6.07, 6.45) is 1.51. The molecule has 1 atom stereocenters. The third-order valence-corrected chi connectivity index (χ3v) is 12.1. The number of rotatable bonds is 17. The van der Waals surface area contributed by atoms with Crippen molar-refractivity contribution in [1.82, 2.24) is 20.5 Å². The number of aromatic nitrogens is 1. The molecule has 5 aromatic rings. The number of aliphatic hydroxyl groups excluding tert-OH is 1. The summed E-state index contributed by atoms with van der Waals surface area (Å²) >= 11 is 20.8. The van der Waals surface area contributed by atoms with Crippen LogP contribution < -0.4 is 24.8 Å². The van der Waals surface area contributed by atoms with E-state index >= 15 is 0 Å². The Morgan fingerprint density at radius 1 is 0.934 bits per heavy atom. The molecule has 1 amide bonds. The Hall–Kier alpha value is -5.39. The van der Waals surface area contributed by atoms with Crippen LogP contribution in [0.2, 0.25) is 15.1 Å². The molecular formula is C46H44Cl3N5O7. The lowest BCUT2D eigenvalue weighted by atomic mass is 9.88. The molecule has 7 rings (SSSR count). The smallest absolute Gasteiger partial charge is 0.326 e. The number of pyridine rings is 1. The fraction of sp³-hybridized carbons (Fsp3) is 0.304. The van der Waals surface area contributed by atoms with E-state index in [-0.39, 0.29) is 48.0 Å². The Morgan fingerprint density at radius 2 is 1.64 bits per heavy atom. The first-order chi connectivity index (χ1) is 29.3. The maximum absolute atomic E-state index is 11.9. The molecule has 0 aliphatic carbocycles. The van der Waals surface area contributed by atoms with Crippen LogP contribution in [0, 0.1) is 18.3 Å².